The van der Waals surface area contributed by atoms with Gasteiger partial charge in [0.1, 0.15) is 0 Å². The van der Waals surface area contributed by atoms with Gasteiger partial charge < -0.3 is 4.90 Å². The minimum atomic E-state index is 1.15. The highest BCUT2D eigenvalue weighted by molar-refractivity contribution is 5.72. The lowest BCUT2D eigenvalue weighted by atomic mass is 10.0. The van der Waals surface area contributed by atoms with Crippen molar-refractivity contribution in [3.8, 4) is 22.3 Å². The second-order valence-corrected chi connectivity index (χ2v) is 8.55. The van der Waals surface area contributed by atoms with E-state index in [-0.39, 0.29) is 0 Å². The molecule has 1 heteroatoms. The van der Waals surface area contributed by atoms with E-state index in [1.165, 1.54) is 57.6 Å². The first-order valence-corrected chi connectivity index (χ1v) is 11.8. The average molecular weight is 420 g/mol. The third-order valence-corrected chi connectivity index (χ3v) is 6.16. The molecule has 4 aromatic carbocycles. The maximum atomic E-state index is 2.25. The Morgan fingerprint density at radius 1 is 0.438 bits per heavy atom. The largest absolute Gasteiger partial charge is 0.345 e. The zero-order chi connectivity index (χ0) is 22.3. The second kappa shape index (κ2) is 10.3. The van der Waals surface area contributed by atoms with Crippen molar-refractivity contribution in [1.29, 1.82) is 0 Å². The molecule has 0 spiro atoms. The van der Waals surface area contributed by atoms with Crippen molar-refractivity contribution in [3.05, 3.63) is 108 Å². The number of rotatable bonds is 8. The predicted octanol–water partition coefficient (Wildman–Crippen LogP) is 8.69. The third kappa shape index (κ3) is 5.11. The molecule has 0 bridgehead atoms. The molecule has 0 aromatic heterocycles. The van der Waals surface area contributed by atoms with Gasteiger partial charge >= 0.3 is 0 Å². The van der Waals surface area contributed by atoms with Crippen molar-refractivity contribution in [2.24, 2.45) is 0 Å². The Bertz CT molecular complexity index is 1010. The highest BCUT2D eigenvalue weighted by Crippen LogP contribution is 2.29. The number of hydrogen-bond donors (Lipinski definition) is 0. The van der Waals surface area contributed by atoms with Crippen LogP contribution >= 0.6 is 0 Å². The molecule has 0 saturated heterocycles. The summed E-state index contributed by atoms with van der Waals surface area (Å²) < 4.78 is 0. The van der Waals surface area contributed by atoms with Crippen molar-refractivity contribution in [3.63, 3.8) is 0 Å². The van der Waals surface area contributed by atoms with Crippen LogP contribution in [0, 0.1) is 0 Å². The molecular formula is C31H33N. The lowest BCUT2D eigenvalue weighted by Gasteiger charge is -2.20. The van der Waals surface area contributed by atoms with E-state index in [9.17, 15) is 0 Å². The summed E-state index contributed by atoms with van der Waals surface area (Å²) in [6.45, 7) is 4.45. The predicted molar refractivity (Wildman–Crippen MR) is 140 cm³/mol. The molecule has 32 heavy (non-hydrogen) atoms. The van der Waals surface area contributed by atoms with Crippen LogP contribution in [-0.2, 0) is 12.8 Å². The maximum Gasteiger partial charge on any atom is 0.0408 e. The smallest absolute Gasteiger partial charge is 0.0408 e. The first-order valence-electron chi connectivity index (χ1n) is 11.8. The van der Waals surface area contributed by atoms with E-state index >= 15 is 0 Å². The Morgan fingerprint density at radius 3 is 1.00 bits per heavy atom. The molecule has 0 radical (unpaired) electrons. The van der Waals surface area contributed by atoms with Gasteiger partial charge in [0, 0.05) is 18.4 Å². The second-order valence-electron chi connectivity index (χ2n) is 8.55. The maximum absolute atomic E-state index is 2.25. The zero-order valence-corrected chi connectivity index (χ0v) is 19.5. The molecule has 0 heterocycles. The SMILES string of the molecule is CCCc1ccc(-c2ccc(N(C)c3ccc(-c4ccc(CCC)cc4)cc3)cc2)cc1. The van der Waals surface area contributed by atoms with Crippen LogP contribution in [0.15, 0.2) is 97.1 Å². The van der Waals surface area contributed by atoms with E-state index in [0.29, 0.717) is 0 Å². The molecule has 0 fully saturated rings. The molecule has 0 amide bonds. The molecule has 4 aromatic rings. The first kappa shape index (κ1) is 21.9. The molecule has 0 aliphatic rings. The summed E-state index contributed by atoms with van der Waals surface area (Å²) in [6, 6.07) is 35.6. The molecule has 162 valence electrons. The minimum Gasteiger partial charge on any atom is -0.345 e. The van der Waals surface area contributed by atoms with Gasteiger partial charge in [0.05, 0.1) is 0 Å². The molecule has 0 N–H and O–H groups in total. The lowest BCUT2D eigenvalue weighted by Crippen LogP contribution is -2.08. The van der Waals surface area contributed by atoms with Crippen LogP contribution in [0.5, 0.6) is 0 Å². The van der Waals surface area contributed by atoms with Gasteiger partial charge in [-0.1, -0.05) is 99.5 Å². The number of benzene rings is 4. The number of aryl methyl sites for hydroxylation is 2. The minimum absolute atomic E-state index is 1.15. The Labute approximate surface area is 193 Å². The molecule has 0 unspecified atom stereocenters. The fourth-order valence-electron chi connectivity index (χ4n) is 4.21. The summed E-state index contributed by atoms with van der Waals surface area (Å²) in [7, 11) is 2.13. The van der Waals surface area contributed by atoms with E-state index in [0.717, 1.165) is 12.8 Å². The van der Waals surface area contributed by atoms with Crippen LogP contribution in [0.4, 0.5) is 11.4 Å². The van der Waals surface area contributed by atoms with Crippen LogP contribution in [0.3, 0.4) is 0 Å². The Balaban J connectivity index is 1.46. The lowest BCUT2D eigenvalue weighted by molar-refractivity contribution is 0.922. The van der Waals surface area contributed by atoms with Gasteiger partial charge in [-0.15, -0.1) is 0 Å². The molecule has 1 nitrogen and oxygen atoms in total. The fourth-order valence-corrected chi connectivity index (χ4v) is 4.21. The molecule has 4 rings (SSSR count). The van der Waals surface area contributed by atoms with Gasteiger partial charge in [0.15, 0.2) is 0 Å². The van der Waals surface area contributed by atoms with E-state index in [1.807, 2.05) is 0 Å². The summed E-state index contributed by atoms with van der Waals surface area (Å²) in [5.41, 5.74) is 10.3. The molecule has 0 aliphatic carbocycles. The van der Waals surface area contributed by atoms with Gasteiger partial charge in [0.2, 0.25) is 0 Å². The van der Waals surface area contributed by atoms with Crippen LogP contribution < -0.4 is 4.90 Å². The van der Waals surface area contributed by atoms with Gasteiger partial charge in [-0.2, -0.15) is 0 Å². The quantitative estimate of drug-likeness (QED) is 0.276. The van der Waals surface area contributed by atoms with Gasteiger partial charge in [-0.3, -0.25) is 0 Å². The van der Waals surface area contributed by atoms with Crippen LogP contribution in [0.2, 0.25) is 0 Å². The van der Waals surface area contributed by atoms with Crippen molar-refractivity contribution in [2.45, 2.75) is 39.5 Å². The Morgan fingerprint density at radius 2 is 0.719 bits per heavy atom. The number of anilines is 2. The normalized spacial score (nSPS) is 10.8. The Kier molecular flexibility index (Phi) is 7.07. The fraction of sp³-hybridized carbons (Fsp3) is 0.226. The van der Waals surface area contributed by atoms with Crippen LogP contribution in [0.25, 0.3) is 22.3 Å². The van der Waals surface area contributed by atoms with Gasteiger partial charge in [-0.05, 0) is 70.5 Å². The van der Waals surface area contributed by atoms with Gasteiger partial charge in [0.25, 0.3) is 0 Å². The summed E-state index contributed by atoms with van der Waals surface area (Å²) in [6.07, 6.45) is 4.67. The monoisotopic (exact) mass is 419 g/mol. The molecule has 0 atom stereocenters. The summed E-state index contributed by atoms with van der Waals surface area (Å²) >= 11 is 0. The van der Waals surface area contributed by atoms with E-state index in [2.05, 4.69) is 123 Å². The number of hydrogen-bond acceptors (Lipinski definition) is 1. The highest BCUT2D eigenvalue weighted by Gasteiger charge is 2.06. The van der Waals surface area contributed by atoms with Crippen molar-refractivity contribution in [1.82, 2.24) is 0 Å². The highest BCUT2D eigenvalue weighted by atomic mass is 15.1. The van der Waals surface area contributed by atoms with Crippen LogP contribution in [-0.4, -0.2) is 7.05 Å². The summed E-state index contributed by atoms with van der Waals surface area (Å²) in [5, 5.41) is 0. The topological polar surface area (TPSA) is 3.24 Å². The van der Waals surface area contributed by atoms with Gasteiger partial charge in [-0.25, -0.2) is 0 Å². The van der Waals surface area contributed by atoms with Crippen molar-refractivity contribution >= 4 is 11.4 Å². The molecular weight excluding hydrogens is 386 g/mol. The standard InChI is InChI=1S/C31H33N/c1-4-6-24-8-12-26(13-9-24)28-16-20-30(21-17-28)32(3)31-22-18-29(19-23-31)27-14-10-25(7-5-2)11-15-27/h8-23H,4-7H2,1-3H3. The van der Waals surface area contributed by atoms with Crippen molar-refractivity contribution < 1.29 is 0 Å². The first-order chi connectivity index (χ1) is 15.7. The average Bonchev–Trinajstić information content (AvgIpc) is 2.85. The third-order valence-electron chi connectivity index (χ3n) is 6.16. The Hall–Kier alpha value is -3.32. The van der Waals surface area contributed by atoms with E-state index in [4.69, 9.17) is 0 Å². The molecule has 0 saturated carbocycles. The zero-order valence-electron chi connectivity index (χ0n) is 19.5. The summed E-state index contributed by atoms with van der Waals surface area (Å²) in [4.78, 5) is 2.24. The van der Waals surface area contributed by atoms with E-state index in [1.54, 1.807) is 0 Å². The summed E-state index contributed by atoms with van der Waals surface area (Å²) in [5.74, 6) is 0. The molecule has 0 aliphatic heterocycles. The van der Waals surface area contributed by atoms with Crippen LogP contribution in [0.1, 0.15) is 37.8 Å². The van der Waals surface area contributed by atoms with Crippen molar-refractivity contribution in [2.75, 3.05) is 11.9 Å². The van der Waals surface area contributed by atoms with E-state index < -0.39 is 0 Å². The number of nitrogens with zero attached hydrogens (tertiary/aromatic N) is 1.